The molecule has 17 heavy (non-hydrogen) atoms. The Balaban J connectivity index is 2.77. The highest BCUT2D eigenvalue weighted by Gasteiger charge is 2.07. The summed E-state index contributed by atoms with van der Waals surface area (Å²) in [5.74, 6) is 0.436. The molecule has 0 saturated carbocycles. The van der Waals surface area contributed by atoms with Gasteiger partial charge in [-0.2, -0.15) is 0 Å². The number of methoxy groups -OCH3 is 1. The highest BCUT2D eigenvalue weighted by atomic mass is 16.5. The quantitative estimate of drug-likeness (QED) is 0.621. The molecule has 4 nitrogen and oxygen atoms in total. The molecule has 1 unspecified atom stereocenters. The summed E-state index contributed by atoms with van der Waals surface area (Å²) in [6.07, 6.45) is 0.436. The van der Waals surface area contributed by atoms with Crippen LogP contribution in [-0.4, -0.2) is 31.9 Å². The number of hydrogen-bond acceptors (Lipinski definition) is 3. The third-order valence-electron chi connectivity index (χ3n) is 2.44. The van der Waals surface area contributed by atoms with Crippen LogP contribution in [0.5, 0.6) is 0 Å². The summed E-state index contributed by atoms with van der Waals surface area (Å²) in [5.41, 5.74) is 7.83. The zero-order chi connectivity index (χ0) is 12.7. The van der Waals surface area contributed by atoms with Gasteiger partial charge in [-0.1, -0.05) is 30.3 Å². The third kappa shape index (κ3) is 4.36. The fraction of sp³-hybridized carbons (Fsp3) is 0.385. The molecule has 0 fully saturated rings. The van der Waals surface area contributed by atoms with Gasteiger partial charge in [-0.05, 0) is 12.5 Å². The first-order valence-corrected chi connectivity index (χ1v) is 5.53. The van der Waals surface area contributed by atoms with Crippen LogP contribution in [0.4, 0.5) is 0 Å². The maximum atomic E-state index is 5.89. The summed E-state index contributed by atoms with van der Waals surface area (Å²) in [6.45, 7) is 1.84. The smallest absolute Gasteiger partial charge is 0.147 e. The number of benzene rings is 1. The molecule has 4 heteroatoms. The summed E-state index contributed by atoms with van der Waals surface area (Å²) in [5, 5.41) is 0. The van der Waals surface area contributed by atoms with E-state index in [1.54, 1.807) is 14.2 Å². The van der Waals surface area contributed by atoms with Gasteiger partial charge >= 0.3 is 0 Å². The Morgan fingerprint density at radius 1 is 1.35 bits per heavy atom. The molecule has 0 spiro atoms. The average molecular weight is 233 g/mol. The Bertz CT molecular complexity index is 398. The zero-order valence-electron chi connectivity index (χ0n) is 10.6. The lowest BCUT2D eigenvalue weighted by Gasteiger charge is -2.08. The van der Waals surface area contributed by atoms with Gasteiger partial charge in [0.15, 0.2) is 0 Å². The van der Waals surface area contributed by atoms with Crippen LogP contribution in [0.15, 0.2) is 40.3 Å². The maximum absolute atomic E-state index is 5.89. The molecule has 1 rings (SSSR count). The number of nitrogens with zero attached hydrogens (tertiary/aromatic N) is 2. The molecule has 0 amide bonds. The van der Waals surface area contributed by atoms with Gasteiger partial charge in [-0.25, -0.2) is 4.99 Å². The molecule has 0 aliphatic rings. The van der Waals surface area contributed by atoms with E-state index in [4.69, 9.17) is 10.5 Å². The highest BCUT2D eigenvalue weighted by Crippen LogP contribution is 2.02. The standard InChI is InChI=1S/C13H19N3O/c1-10(17-3)16-13(14)12(15-2)9-11-7-5-4-6-8-11/h4-8,10H,9H2,1-3H3,(H2,14,16)/b15-12-. The minimum absolute atomic E-state index is 0.248. The van der Waals surface area contributed by atoms with E-state index in [1.807, 2.05) is 37.3 Å². The Hall–Kier alpha value is -1.68. The Morgan fingerprint density at radius 3 is 2.53 bits per heavy atom. The second kappa shape index (κ2) is 6.81. The van der Waals surface area contributed by atoms with Crippen LogP contribution < -0.4 is 5.73 Å². The van der Waals surface area contributed by atoms with Gasteiger partial charge in [0.25, 0.3) is 0 Å². The SMILES string of the molecule is C/N=C(Cc1ccccc1)\C(N)=N/C(C)OC. The number of ether oxygens (including phenoxy) is 1. The van der Waals surface area contributed by atoms with Crippen molar-refractivity contribution in [2.75, 3.05) is 14.2 Å². The lowest BCUT2D eigenvalue weighted by molar-refractivity contribution is 0.126. The molecule has 92 valence electrons. The molecule has 1 aromatic carbocycles. The molecule has 0 saturated heterocycles. The lowest BCUT2D eigenvalue weighted by Crippen LogP contribution is -2.27. The van der Waals surface area contributed by atoms with Gasteiger partial charge in [-0.3, -0.25) is 4.99 Å². The predicted molar refractivity (Wildman–Crippen MR) is 71.6 cm³/mol. The molecule has 2 N–H and O–H groups in total. The van der Waals surface area contributed by atoms with Gasteiger partial charge in [0.1, 0.15) is 12.1 Å². The Morgan fingerprint density at radius 2 is 2.00 bits per heavy atom. The highest BCUT2D eigenvalue weighted by molar-refractivity contribution is 6.41. The van der Waals surface area contributed by atoms with E-state index in [0.29, 0.717) is 12.3 Å². The van der Waals surface area contributed by atoms with Crippen LogP contribution in [0, 0.1) is 0 Å². The van der Waals surface area contributed by atoms with Crippen LogP contribution in [0.1, 0.15) is 12.5 Å². The molecule has 0 heterocycles. The summed E-state index contributed by atoms with van der Waals surface area (Å²) >= 11 is 0. The molecule has 0 aliphatic heterocycles. The van der Waals surface area contributed by atoms with Crippen LogP contribution in [-0.2, 0) is 11.2 Å². The van der Waals surface area contributed by atoms with Gasteiger partial charge in [0, 0.05) is 20.6 Å². The number of rotatable bonds is 5. The average Bonchev–Trinajstić information content (AvgIpc) is 2.36. The minimum Gasteiger partial charge on any atom is -0.382 e. The number of aliphatic imine (C=N–C) groups is 2. The first-order valence-electron chi connectivity index (χ1n) is 5.53. The molecule has 0 aromatic heterocycles. The van der Waals surface area contributed by atoms with Crippen LogP contribution in [0.2, 0.25) is 0 Å². The number of hydrogen-bond donors (Lipinski definition) is 1. The third-order valence-corrected chi connectivity index (χ3v) is 2.44. The van der Waals surface area contributed by atoms with Crippen molar-refractivity contribution in [3.05, 3.63) is 35.9 Å². The summed E-state index contributed by atoms with van der Waals surface area (Å²) in [7, 11) is 3.32. The van der Waals surface area contributed by atoms with Crippen LogP contribution in [0.25, 0.3) is 0 Å². The fourth-order valence-electron chi connectivity index (χ4n) is 1.40. The van der Waals surface area contributed by atoms with Crippen molar-refractivity contribution in [2.24, 2.45) is 15.7 Å². The summed E-state index contributed by atoms with van der Waals surface area (Å²) in [4.78, 5) is 8.38. The molecule has 0 bridgehead atoms. The van der Waals surface area contributed by atoms with Gasteiger partial charge in [0.2, 0.25) is 0 Å². The van der Waals surface area contributed by atoms with Crippen molar-refractivity contribution >= 4 is 11.5 Å². The minimum atomic E-state index is -0.248. The summed E-state index contributed by atoms with van der Waals surface area (Å²) < 4.78 is 5.04. The first-order chi connectivity index (χ1) is 8.17. The first kappa shape index (κ1) is 13.4. The van der Waals surface area contributed by atoms with Crippen molar-refractivity contribution < 1.29 is 4.74 Å². The monoisotopic (exact) mass is 233 g/mol. The molecular formula is C13H19N3O. The van der Waals surface area contributed by atoms with E-state index < -0.39 is 0 Å². The fourth-order valence-corrected chi connectivity index (χ4v) is 1.40. The van der Waals surface area contributed by atoms with Crippen molar-refractivity contribution in [3.8, 4) is 0 Å². The molecule has 1 aromatic rings. The lowest BCUT2D eigenvalue weighted by atomic mass is 10.1. The van der Waals surface area contributed by atoms with E-state index in [0.717, 1.165) is 11.3 Å². The van der Waals surface area contributed by atoms with Crippen molar-refractivity contribution in [1.29, 1.82) is 0 Å². The van der Waals surface area contributed by atoms with E-state index in [-0.39, 0.29) is 6.23 Å². The molecular weight excluding hydrogens is 214 g/mol. The Kier molecular flexibility index (Phi) is 5.36. The van der Waals surface area contributed by atoms with Crippen LogP contribution >= 0.6 is 0 Å². The van der Waals surface area contributed by atoms with E-state index in [2.05, 4.69) is 9.98 Å². The predicted octanol–water partition coefficient (Wildman–Crippen LogP) is 1.65. The van der Waals surface area contributed by atoms with E-state index in [1.165, 1.54) is 0 Å². The maximum Gasteiger partial charge on any atom is 0.147 e. The van der Waals surface area contributed by atoms with Crippen molar-refractivity contribution in [3.63, 3.8) is 0 Å². The van der Waals surface area contributed by atoms with Crippen molar-refractivity contribution in [2.45, 2.75) is 19.6 Å². The second-order valence-electron chi connectivity index (χ2n) is 3.68. The molecule has 0 radical (unpaired) electrons. The van der Waals surface area contributed by atoms with E-state index >= 15 is 0 Å². The summed E-state index contributed by atoms with van der Waals surface area (Å²) in [6, 6.07) is 10.1. The van der Waals surface area contributed by atoms with Gasteiger partial charge in [-0.15, -0.1) is 0 Å². The normalized spacial score (nSPS) is 14.8. The van der Waals surface area contributed by atoms with Crippen molar-refractivity contribution in [1.82, 2.24) is 0 Å². The van der Waals surface area contributed by atoms with Gasteiger partial charge in [0.05, 0.1) is 5.71 Å². The number of amidine groups is 1. The number of nitrogens with two attached hydrogens (primary N) is 1. The zero-order valence-corrected chi connectivity index (χ0v) is 10.6. The van der Waals surface area contributed by atoms with Crippen LogP contribution in [0.3, 0.4) is 0 Å². The second-order valence-corrected chi connectivity index (χ2v) is 3.68. The topological polar surface area (TPSA) is 60.0 Å². The van der Waals surface area contributed by atoms with E-state index in [9.17, 15) is 0 Å². The van der Waals surface area contributed by atoms with Gasteiger partial charge < -0.3 is 10.5 Å². The Labute approximate surface area is 102 Å². The molecule has 0 aliphatic carbocycles. The largest absolute Gasteiger partial charge is 0.382 e. The molecule has 1 atom stereocenters.